The van der Waals surface area contributed by atoms with E-state index in [2.05, 4.69) is 5.32 Å². The second-order valence-corrected chi connectivity index (χ2v) is 4.88. The van der Waals surface area contributed by atoms with E-state index in [4.69, 9.17) is 11.6 Å². The summed E-state index contributed by atoms with van der Waals surface area (Å²) in [6.07, 6.45) is 1.45. The van der Waals surface area contributed by atoms with Crippen molar-refractivity contribution in [3.8, 4) is 0 Å². The van der Waals surface area contributed by atoms with Crippen LogP contribution in [0, 0.1) is 27.7 Å². The number of amides is 1. The summed E-state index contributed by atoms with van der Waals surface area (Å²) in [5.74, 6) is -2.94. The van der Waals surface area contributed by atoms with Crippen LogP contribution in [0.25, 0.3) is 0 Å². The van der Waals surface area contributed by atoms with E-state index in [0.29, 0.717) is 24.4 Å². The molecule has 0 bridgehead atoms. The van der Waals surface area contributed by atoms with Gasteiger partial charge in [0.05, 0.1) is 11.0 Å². The van der Waals surface area contributed by atoms with Gasteiger partial charge in [-0.05, 0) is 18.4 Å². The van der Waals surface area contributed by atoms with Gasteiger partial charge in [-0.15, -0.1) is 11.6 Å². The molecular weight excluding hydrogens is 306 g/mol. The first-order valence-electron chi connectivity index (χ1n) is 6.38. The number of hydrogen-bond acceptors (Lipinski definition) is 3. The van der Waals surface area contributed by atoms with Crippen molar-refractivity contribution in [1.29, 1.82) is 0 Å². The molecular formula is C13H15ClF2N2O3. The third-order valence-electron chi connectivity index (χ3n) is 3.13. The van der Waals surface area contributed by atoms with Gasteiger partial charge in [0.15, 0.2) is 11.6 Å². The summed E-state index contributed by atoms with van der Waals surface area (Å²) in [4.78, 5) is 21.8. The maximum atomic E-state index is 13.2. The summed E-state index contributed by atoms with van der Waals surface area (Å²) in [7, 11) is 0. The van der Waals surface area contributed by atoms with Crippen molar-refractivity contribution in [1.82, 2.24) is 5.32 Å². The SMILES string of the molecule is CCC(CCCl)CNC(=O)c1cc(F)c(F)cc1[N+](=O)[O-]. The zero-order valence-electron chi connectivity index (χ0n) is 11.4. The highest BCUT2D eigenvalue weighted by Crippen LogP contribution is 2.22. The summed E-state index contributed by atoms with van der Waals surface area (Å²) in [6.45, 7) is 2.18. The maximum Gasteiger partial charge on any atom is 0.285 e. The first-order chi connectivity index (χ1) is 9.90. The number of carbonyl (C=O) groups is 1. The number of nitrogens with zero attached hydrogens (tertiary/aromatic N) is 1. The molecule has 1 aromatic carbocycles. The quantitative estimate of drug-likeness (QED) is 0.476. The van der Waals surface area contributed by atoms with Gasteiger partial charge in [-0.2, -0.15) is 0 Å². The summed E-state index contributed by atoms with van der Waals surface area (Å²) in [5.41, 5.74) is -1.27. The molecule has 21 heavy (non-hydrogen) atoms. The number of alkyl halides is 1. The number of benzene rings is 1. The van der Waals surface area contributed by atoms with Gasteiger partial charge in [-0.3, -0.25) is 14.9 Å². The molecule has 0 heterocycles. The molecule has 0 aliphatic heterocycles. The van der Waals surface area contributed by atoms with Crippen LogP contribution in [-0.4, -0.2) is 23.3 Å². The molecule has 0 aliphatic rings. The smallest absolute Gasteiger partial charge is 0.285 e. The molecule has 8 heteroatoms. The lowest BCUT2D eigenvalue weighted by Gasteiger charge is -2.14. The second-order valence-electron chi connectivity index (χ2n) is 4.50. The molecule has 1 unspecified atom stereocenters. The number of rotatable bonds is 7. The molecule has 0 spiro atoms. The molecule has 0 saturated heterocycles. The van der Waals surface area contributed by atoms with Crippen LogP contribution in [0.3, 0.4) is 0 Å². The van der Waals surface area contributed by atoms with Crippen LogP contribution in [0.15, 0.2) is 12.1 Å². The largest absolute Gasteiger partial charge is 0.352 e. The molecule has 5 nitrogen and oxygen atoms in total. The molecule has 0 aromatic heterocycles. The van der Waals surface area contributed by atoms with E-state index < -0.39 is 33.7 Å². The van der Waals surface area contributed by atoms with Gasteiger partial charge in [0.2, 0.25) is 0 Å². The van der Waals surface area contributed by atoms with Crippen molar-refractivity contribution in [3.63, 3.8) is 0 Å². The van der Waals surface area contributed by atoms with Crippen LogP contribution in [0.4, 0.5) is 14.5 Å². The lowest BCUT2D eigenvalue weighted by Crippen LogP contribution is -2.30. The van der Waals surface area contributed by atoms with E-state index in [1.807, 2.05) is 6.92 Å². The standard InChI is InChI=1S/C13H15ClF2N2O3/c1-2-8(3-4-14)7-17-13(19)9-5-10(15)11(16)6-12(9)18(20)21/h5-6,8H,2-4,7H2,1H3,(H,17,19). The molecule has 0 radical (unpaired) electrons. The van der Waals surface area contributed by atoms with Crippen molar-refractivity contribution in [2.24, 2.45) is 5.92 Å². The van der Waals surface area contributed by atoms with Crippen molar-refractivity contribution >= 4 is 23.2 Å². The molecule has 0 saturated carbocycles. The van der Waals surface area contributed by atoms with Gasteiger partial charge in [-0.1, -0.05) is 13.3 Å². The van der Waals surface area contributed by atoms with Crippen LogP contribution < -0.4 is 5.32 Å². The van der Waals surface area contributed by atoms with E-state index in [9.17, 15) is 23.7 Å². The van der Waals surface area contributed by atoms with E-state index in [1.54, 1.807) is 0 Å². The Hall–Kier alpha value is -1.76. The first kappa shape index (κ1) is 17.3. The van der Waals surface area contributed by atoms with E-state index in [-0.39, 0.29) is 12.5 Å². The van der Waals surface area contributed by atoms with E-state index >= 15 is 0 Å². The highest BCUT2D eigenvalue weighted by Gasteiger charge is 2.24. The molecule has 116 valence electrons. The van der Waals surface area contributed by atoms with Crippen LogP contribution in [0.2, 0.25) is 0 Å². The Morgan fingerprint density at radius 1 is 1.43 bits per heavy atom. The molecule has 1 N–H and O–H groups in total. The van der Waals surface area contributed by atoms with Crippen molar-refractivity contribution in [2.45, 2.75) is 19.8 Å². The average molecular weight is 321 g/mol. The number of hydrogen-bond donors (Lipinski definition) is 1. The minimum atomic E-state index is -1.37. The summed E-state index contributed by atoms with van der Waals surface area (Å²) in [5, 5.41) is 13.3. The monoisotopic (exact) mass is 320 g/mol. The maximum absolute atomic E-state index is 13.2. The lowest BCUT2D eigenvalue weighted by atomic mass is 10.0. The fourth-order valence-electron chi connectivity index (χ4n) is 1.81. The Bertz CT molecular complexity index is 540. The van der Waals surface area contributed by atoms with Crippen LogP contribution in [-0.2, 0) is 0 Å². The van der Waals surface area contributed by atoms with Gasteiger partial charge in [0, 0.05) is 12.4 Å². The topological polar surface area (TPSA) is 72.2 Å². The van der Waals surface area contributed by atoms with E-state index in [1.165, 1.54) is 0 Å². The highest BCUT2D eigenvalue weighted by atomic mass is 35.5. The van der Waals surface area contributed by atoms with Crippen LogP contribution in [0.1, 0.15) is 30.1 Å². The van der Waals surface area contributed by atoms with Gasteiger partial charge in [-0.25, -0.2) is 8.78 Å². The Morgan fingerprint density at radius 2 is 2.05 bits per heavy atom. The number of carbonyl (C=O) groups excluding carboxylic acids is 1. The van der Waals surface area contributed by atoms with Crippen LogP contribution in [0.5, 0.6) is 0 Å². The molecule has 0 fully saturated rings. The van der Waals surface area contributed by atoms with Crippen molar-refractivity contribution in [3.05, 3.63) is 39.4 Å². The minimum absolute atomic E-state index is 0.121. The zero-order chi connectivity index (χ0) is 16.0. The first-order valence-corrected chi connectivity index (χ1v) is 6.91. The molecule has 1 rings (SSSR count). The van der Waals surface area contributed by atoms with Crippen molar-refractivity contribution in [2.75, 3.05) is 12.4 Å². The predicted octanol–water partition coefficient (Wildman–Crippen LogP) is 3.26. The average Bonchev–Trinajstić information content (AvgIpc) is 2.45. The molecule has 1 amide bonds. The number of nitrogens with one attached hydrogen (secondary N) is 1. The minimum Gasteiger partial charge on any atom is -0.352 e. The third-order valence-corrected chi connectivity index (χ3v) is 3.34. The Morgan fingerprint density at radius 3 is 2.57 bits per heavy atom. The van der Waals surface area contributed by atoms with E-state index in [0.717, 1.165) is 6.42 Å². The Kier molecular flexibility index (Phi) is 6.48. The van der Waals surface area contributed by atoms with Crippen molar-refractivity contribution < 1.29 is 18.5 Å². The normalized spacial score (nSPS) is 12.0. The van der Waals surface area contributed by atoms with Gasteiger partial charge < -0.3 is 5.32 Å². The molecule has 0 aliphatic carbocycles. The molecule has 1 aromatic rings. The Balaban J connectivity index is 2.91. The number of halogens is 3. The Labute approximate surface area is 125 Å². The fraction of sp³-hybridized carbons (Fsp3) is 0.462. The lowest BCUT2D eigenvalue weighted by molar-refractivity contribution is -0.385. The van der Waals surface area contributed by atoms with Gasteiger partial charge >= 0.3 is 0 Å². The highest BCUT2D eigenvalue weighted by molar-refractivity contribution is 6.17. The zero-order valence-corrected chi connectivity index (χ0v) is 12.1. The third kappa shape index (κ3) is 4.63. The van der Waals surface area contributed by atoms with Gasteiger partial charge in [0.1, 0.15) is 5.56 Å². The number of nitro benzene ring substituents is 1. The second kappa shape index (κ2) is 7.87. The summed E-state index contributed by atoms with van der Waals surface area (Å²) >= 11 is 5.62. The fourth-order valence-corrected chi connectivity index (χ4v) is 2.11. The predicted molar refractivity (Wildman–Crippen MR) is 74.5 cm³/mol. The summed E-state index contributed by atoms with van der Waals surface area (Å²) < 4.78 is 26.2. The summed E-state index contributed by atoms with van der Waals surface area (Å²) in [6, 6.07) is 0.936. The number of nitro groups is 1. The van der Waals surface area contributed by atoms with Crippen LogP contribution >= 0.6 is 11.6 Å². The molecule has 1 atom stereocenters. The van der Waals surface area contributed by atoms with Gasteiger partial charge in [0.25, 0.3) is 11.6 Å².